The lowest BCUT2D eigenvalue weighted by atomic mass is 9.99. The minimum Gasteiger partial charge on any atom is -0.338 e. The Hall–Kier alpha value is -3.70. The molecule has 4 aromatic rings. The number of carbonyl (C=O) groups excluding carboxylic acids is 1. The molecule has 0 saturated heterocycles. The average molecular weight is 397 g/mol. The number of nitrogens with one attached hydrogen (secondary N) is 2. The molecule has 30 heavy (non-hydrogen) atoms. The summed E-state index contributed by atoms with van der Waals surface area (Å²) in [6.45, 7) is 2.17. The molecule has 0 fully saturated rings. The van der Waals surface area contributed by atoms with Crippen molar-refractivity contribution in [2.75, 3.05) is 11.9 Å². The van der Waals surface area contributed by atoms with Gasteiger partial charge >= 0.3 is 0 Å². The number of amides is 1. The molecule has 0 bridgehead atoms. The Labute approximate surface area is 175 Å². The highest BCUT2D eigenvalue weighted by Gasteiger charge is 2.16. The number of aromatic nitrogens is 1. The summed E-state index contributed by atoms with van der Waals surface area (Å²) in [5, 5.41) is 10.2. The quantitative estimate of drug-likeness (QED) is 0.462. The Morgan fingerprint density at radius 2 is 1.50 bits per heavy atom. The van der Waals surface area contributed by atoms with Gasteiger partial charge in [0.1, 0.15) is 5.69 Å². The standard InChI is InChI=1S/C25H23N3O2/c1-18-12-14-19(15-13-18)22-16-24(30-28-22)27-23(29)17-26-25(20-8-4-2-5-9-20)21-10-6-3-7-11-21/h2-16,25-26H,17H2,1H3,(H,27,29). The molecule has 0 spiro atoms. The van der Waals surface area contributed by atoms with Crippen LogP contribution in [0.2, 0.25) is 0 Å². The first-order chi connectivity index (χ1) is 14.7. The van der Waals surface area contributed by atoms with Gasteiger partial charge in [-0.05, 0) is 18.1 Å². The number of anilines is 1. The topological polar surface area (TPSA) is 67.2 Å². The van der Waals surface area contributed by atoms with Crippen molar-refractivity contribution in [3.8, 4) is 11.3 Å². The first-order valence-electron chi connectivity index (χ1n) is 9.86. The molecule has 2 N–H and O–H groups in total. The largest absolute Gasteiger partial charge is 0.338 e. The zero-order valence-corrected chi connectivity index (χ0v) is 16.7. The lowest BCUT2D eigenvalue weighted by molar-refractivity contribution is -0.115. The third-order valence-electron chi connectivity index (χ3n) is 4.85. The van der Waals surface area contributed by atoms with Gasteiger partial charge in [-0.25, -0.2) is 0 Å². The first-order valence-corrected chi connectivity index (χ1v) is 9.86. The molecule has 0 atom stereocenters. The zero-order chi connectivity index (χ0) is 20.8. The van der Waals surface area contributed by atoms with Gasteiger partial charge in [-0.1, -0.05) is 95.6 Å². The molecular weight excluding hydrogens is 374 g/mol. The van der Waals surface area contributed by atoms with E-state index in [1.54, 1.807) is 6.07 Å². The lowest BCUT2D eigenvalue weighted by Gasteiger charge is -2.19. The summed E-state index contributed by atoms with van der Waals surface area (Å²) >= 11 is 0. The van der Waals surface area contributed by atoms with Gasteiger partial charge in [0.15, 0.2) is 0 Å². The SMILES string of the molecule is Cc1ccc(-c2cc(NC(=O)CNC(c3ccccc3)c3ccccc3)on2)cc1. The van der Waals surface area contributed by atoms with E-state index in [0.717, 1.165) is 16.7 Å². The zero-order valence-electron chi connectivity index (χ0n) is 16.7. The van der Waals surface area contributed by atoms with Crippen molar-refractivity contribution in [3.05, 3.63) is 108 Å². The van der Waals surface area contributed by atoms with Crippen LogP contribution in [0.4, 0.5) is 5.88 Å². The highest BCUT2D eigenvalue weighted by molar-refractivity contribution is 5.91. The van der Waals surface area contributed by atoms with E-state index in [2.05, 4.69) is 15.8 Å². The fourth-order valence-corrected chi connectivity index (χ4v) is 3.29. The fraction of sp³-hybridized carbons (Fsp3) is 0.120. The monoisotopic (exact) mass is 397 g/mol. The minimum atomic E-state index is -0.196. The molecule has 5 heteroatoms. The van der Waals surface area contributed by atoms with Crippen LogP contribution in [-0.2, 0) is 4.79 Å². The molecule has 5 nitrogen and oxygen atoms in total. The van der Waals surface area contributed by atoms with Crippen LogP contribution in [0.25, 0.3) is 11.3 Å². The van der Waals surface area contributed by atoms with Crippen LogP contribution >= 0.6 is 0 Å². The molecule has 0 aliphatic rings. The first kappa shape index (κ1) is 19.6. The van der Waals surface area contributed by atoms with Crippen LogP contribution < -0.4 is 10.6 Å². The Morgan fingerprint density at radius 1 is 0.900 bits per heavy atom. The van der Waals surface area contributed by atoms with Gasteiger partial charge < -0.3 is 4.52 Å². The molecule has 0 aliphatic carbocycles. The summed E-state index contributed by atoms with van der Waals surface area (Å²) in [7, 11) is 0. The van der Waals surface area contributed by atoms with Crippen LogP contribution in [0, 0.1) is 6.92 Å². The molecule has 0 aliphatic heterocycles. The third kappa shape index (κ3) is 4.82. The predicted octanol–water partition coefficient (Wildman–Crippen LogP) is 4.97. The summed E-state index contributed by atoms with van der Waals surface area (Å²) in [6.07, 6.45) is 0. The van der Waals surface area contributed by atoms with Gasteiger partial charge in [0, 0.05) is 11.6 Å². The fourth-order valence-electron chi connectivity index (χ4n) is 3.29. The van der Waals surface area contributed by atoms with E-state index in [1.807, 2.05) is 91.9 Å². The Morgan fingerprint density at radius 3 is 2.10 bits per heavy atom. The van der Waals surface area contributed by atoms with Gasteiger partial charge in [-0.3, -0.25) is 15.4 Å². The molecule has 1 amide bonds. The molecule has 0 unspecified atom stereocenters. The summed E-state index contributed by atoms with van der Waals surface area (Å²) in [5.41, 5.74) is 4.99. The number of rotatable bonds is 7. The van der Waals surface area contributed by atoms with Crippen LogP contribution in [-0.4, -0.2) is 17.6 Å². The maximum Gasteiger partial charge on any atom is 0.240 e. The molecule has 150 valence electrons. The van der Waals surface area contributed by atoms with Crippen molar-refractivity contribution in [1.29, 1.82) is 0 Å². The predicted molar refractivity (Wildman–Crippen MR) is 118 cm³/mol. The summed E-state index contributed by atoms with van der Waals surface area (Å²) in [4.78, 5) is 12.5. The van der Waals surface area contributed by atoms with E-state index in [4.69, 9.17) is 4.52 Å². The van der Waals surface area contributed by atoms with Crippen LogP contribution in [0.15, 0.2) is 95.5 Å². The highest BCUT2D eigenvalue weighted by Crippen LogP contribution is 2.23. The number of hydrogen-bond donors (Lipinski definition) is 2. The Balaban J connectivity index is 1.41. The second-order valence-corrected chi connectivity index (χ2v) is 7.13. The van der Waals surface area contributed by atoms with Crippen LogP contribution in [0.5, 0.6) is 0 Å². The third-order valence-corrected chi connectivity index (χ3v) is 4.85. The van der Waals surface area contributed by atoms with Crippen LogP contribution in [0.3, 0.4) is 0 Å². The smallest absolute Gasteiger partial charge is 0.240 e. The van der Waals surface area contributed by atoms with Crippen molar-refractivity contribution < 1.29 is 9.32 Å². The number of nitrogens with zero attached hydrogens (tertiary/aromatic N) is 1. The van der Waals surface area contributed by atoms with E-state index in [-0.39, 0.29) is 18.5 Å². The molecule has 1 heterocycles. The minimum absolute atomic E-state index is 0.0870. The van der Waals surface area contributed by atoms with Crippen molar-refractivity contribution >= 4 is 11.8 Å². The van der Waals surface area contributed by atoms with Crippen LogP contribution in [0.1, 0.15) is 22.7 Å². The molecule has 3 aromatic carbocycles. The van der Waals surface area contributed by atoms with Gasteiger partial charge in [0.25, 0.3) is 0 Å². The van der Waals surface area contributed by atoms with Crippen molar-refractivity contribution in [2.24, 2.45) is 0 Å². The Bertz CT molecular complexity index is 1050. The maximum atomic E-state index is 12.5. The second kappa shape index (κ2) is 9.20. The molecule has 1 aromatic heterocycles. The number of aryl methyl sites for hydroxylation is 1. The van der Waals surface area contributed by atoms with Gasteiger partial charge in [-0.2, -0.15) is 0 Å². The number of hydrogen-bond acceptors (Lipinski definition) is 4. The van der Waals surface area contributed by atoms with E-state index in [1.165, 1.54) is 5.56 Å². The summed E-state index contributed by atoms with van der Waals surface area (Å²) < 4.78 is 5.29. The molecular formula is C25H23N3O2. The Kier molecular flexibility index (Phi) is 6.01. The van der Waals surface area contributed by atoms with Crippen molar-refractivity contribution in [3.63, 3.8) is 0 Å². The van der Waals surface area contributed by atoms with Gasteiger partial charge in [0.2, 0.25) is 11.8 Å². The molecule has 0 radical (unpaired) electrons. The van der Waals surface area contributed by atoms with E-state index >= 15 is 0 Å². The van der Waals surface area contributed by atoms with Gasteiger partial charge in [-0.15, -0.1) is 0 Å². The average Bonchev–Trinajstić information content (AvgIpc) is 3.24. The van der Waals surface area contributed by atoms with E-state index in [9.17, 15) is 4.79 Å². The second-order valence-electron chi connectivity index (χ2n) is 7.13. The summed E-state index contributed by atoms with van der Waals surface area (Å²) in [5.74, 6) is 0.131. The maximum absolute atomic E-state index is 12.5. The van der Waals surface area contributed by atoms with E-state index in [0.29, 0.717) is 11.6 Å². The van der Waals surface area contributed by atoms with Gasteiger partial charge in [0.05, 0.1) is 12.6 Å². The highest BCUT2D eigenvalue weighted by atomic mass is 16.5. The molecule has 0 saturated carbocycles. The number of carbonyl (C=O) groups is 1. The lowest BCUT2D eigenvalue weighted by Crippen LogP contribution is -2.31. The van der Waals surface area contributed by atoms with Crippen molar-refractivity contribution in [2.45, 2.75) is 13.0 Å². The summed E-state index contributed by atoms with van der Waals surface area (Å²) in [6, 6.07) is 29.8. The van der Waals surface area contributed by atoms with Crippen molar-refractivity contribution in [1.82, 2.24) is 10.5 Å². The number of benzene rings is 3. The van der Waals surface area contributed by atoms with E-state index < -0.39 is 0 Å². The molecule has 4 rings (SSSR count). The normalized spacial score (nSPS) is 10.9.